The summed E-state index contributed by atoms with van der Waals surface area (Å²) in [4.78, 5) is 37.2. The van der Waals surface area contributed by atoms with Crippen LogP contribution in [-0.2, 0) is 9.59 Å². The van der Waals surface area contributed by atoms with E-state index in [4.69, 9.17) is 16.7 Å². The number of carbonyl (C=O) groups is 3. The molecule has 1 aromatic heterocycles. The van der Waals surface area contributed by atoms with E-state index in [2.05, 4.69) is 5.32 Å². The molecule has 0 aliphatic rings. The fourth-order valence-electron chi connectivity index (χ4n) is 2.35. The predicted molar refractivity (Wildman–Crippen MR) is 98.3 cm³/mol. The van der Waals surface area contributed by atoms with E-state index in [1.54, 1.807) is 6.92 Å². The summed E-state index contributed by atoms with van der Waals surface area (Å²) in [6.07, 6.45) is 0.620. The quantitative estimate of drug-likeness (QED) is 0.770. The van der Waals surface area contributed by atoms with E-state index in [9.17, 15) is 14.4 Å². The Morgan fingerprint density at radius 1 is 1.32 bits per heavy atom. The summed E-state index contributed by atoms with van der Waals surface area (Å²) >= 11 is 7.50. The third kappa shape index (κ3) is 4.49. The molecule has 0 saturated carbocycles. The molecule has 2 rings (SSSR count). The van der Waals surface area contributed by atoms with E-state index < -0.39 is 24.3 Å². The Morgan fingerprint density at radius 3 is 2.60 bits per heavy atom. The number of carboxylic acid groups (broad SMARTS) is 1. The summed E-state index contributed by atoms with van der Waals surface area (Å²) in [7, 11) is 0. The Bertz CT molecular complexity index is 805. The van der Waals surface area contributed by atoms with Gasteiger partial charge >= 0.3 is 5.97 Å². The summed E-state index contributed by atoms with van der Waals surface area (Å²) in [6.45, 7) is 2.96. The molecule has 134 valence electrons. The van der Waals surface area contributed by atoms with Crippen LogP contribution in [0.3, 0.4) is 0 Å². The molecule has 0 spiro atoms. The second-order valence-corrected chi connectivity index (χ2v) is 7.03. The number of nitrogens with one attached hydrogen (secondary N) is 1. The number of rotatable bonds is 7. The van der Waals surface area contributed by atoms with Gasteiger partial charge in [0.15, 0.2) is 0 Å². The number of carbonyl (C=O) groups excluding carboxylic acids is 2. The van der Waals surface area contributed by atoms with E-state index in [0.29, 0.717) is 16.3 Å². The van der Waals surface area contributed by atoms with E-state index in [0.717, 1.165) is 10.1 Å². The van der Waals surface area contributed by atoms with Gasteiger partial charge < -0.3 is 15.3 Å². The number of fused-ring (bicyclic) bond motifs is 1. The SMILES string of the molecule is CCC(C)N(CC(=O)O)C(=O)CNC(=O)c1sc2ccccc2c1Cl. The second-order valence-electron chi connectivity index (χ2n) is 5.60. The molecule has 0 bridgehead atoms. The minimum atomic E-state index is -1.09. The van der Waals surface area contributed by atoms with Crippen LogP contribution in [0.25, 0.3) is 10.1 Å². The lowest BCUT2D eigenvalue weighted by atomic mass is 10.2. The smallest absolute Gasteiger partial charge is 0.323 e. The van der Waals surface area contributed by atoms with Crippen molar-refractivity contribution in [3.63, 3.8) is 0 Å². The van der Waals surface area contributed by atoms with Crippen LogP contribution in [0.1, 0.15) is 29.9 Å². The molecular weight excluding hydrogens is 364 g/mol. The van der Waals surface area contributed by atoms with Crippen LogP contribution < -0.4 is 5.32 Å². The molecule has 8 heteroatoms. The summed E-state index contributed by atoms with van der Waals surface area (Å²) in [5, 5.41) is 12.6. The molecular formula is C17H19ClN2O4S. The first-order valence-corrected chi connectivity index (χ1v) is 9.01. The van der Waals surface area contributed by atoms with Gasteiger partial charge in [0.05, 0.1) is 11.6 Å². The number of thiophene rings is 1. The lowest BCUT2D eigenvalue weighted by Crippen LogP contribution is -2.46. The summed E-state index contributed by atoms with van der Waals surface area (Å²) in [5.41, 5.74) is 0. The highest BCUT2D eigenvalue weighted by Gasteiger charge is 2.23. The molecule has 1 atom stereocenters. The van der Waals surface area contributed by atoms with Gasteiger partial charge in [-0.2, -0.15) is 0 Å². The Hall–Kier alpha value is -2.12. The van der Waals surface area contributed by atoms with Crippen LogP contribution >= 0.6 is 22.9 Å². The average Bonchev–Trinajstić information content (AvgIpc) is 2.93. The number of hydrogen-bond acceptors (Lipinski definition) is 4. The second kappa shape index (κ2) is 8.31. The maximum atomic E-state index is 12.4. The number of benzene rings is 1. The Morgan fingerprint density at radius 2 is 2.00 bits per heavy atom. The predicted octanol–water partition coefficient (Wildman–Crippen LogP) is 3.00. The van der Waals surface area contributed by atoms with Crippen molar-refractivity contribution in [2.75, 3.05) is 13.1 Å². The van der Waals surface area contributed by atoms with E-state index in [-0.39, 0.29) is 12.6 Å². The highest BCUT2D eigenvalue weighted by Crippen LogP contribution is 2.34. The topological polar surface area (TPSA) is 86.7 Å². The normalized spacial score (nSPS) is 12.0. The van der Waals surface area contributed by atoms with Crippen molar-refractivity contribution in [3.8, 4) is 0 Å². The molecule has 0 saturated heterocycles. The van der Waals surface area contributed by atoms with Crippen molar-refractivity contribution < 1.29 is 19.5 Å². The van der Waals surface area contributed by atoms with Gasteiger partial charge in [-0.05, 0) is 19.4 Å². The monoisotopic (exact) mass is 382 g/mol. The number of carboxylic acids is 1. The van der Waals surface area contributed by atoms with E-state index in [1.807, 2.05) is 31.2 Å². The molecule has 2 aromatic rings. The molecule has 0 fully saturated rings. The molecule has 1 aromatic carbocycles. The van der Waals surface area contributed by atoms with E-state index >= 15 is 0 Å². The van der Waals surface area contributed by atoms with Gasteiger partial charge in [0, 0.05) is 16.1 Å². The fourth-order valence-corrected chi connectivity index (χ4v) is 3.79. The molecule has 6 nitrogen and oxygen atoms in total. The van der Waals surface area contributed by atoms with Crippen molar-refractivity contribution in [2.24, 2.45) is 0 Å². The van der Waals surface area contributed by atoms with Crippen LogP contribution in [0, 0.1) is 0 Å². The van der Waals surface area contributed by atoms with Gasteiger partial charge in [-0.3, -0.25) is 14.4 Å². The third-order valence-electron chi connectivity index (χ3n) is 3.89. The van der Waals surface area contributed by atoms with Gasteiger partial charge in [-0.1, -0.05) is 36.7 Å². The molecule has 0 aliphatic heterocycles. The van der Waals surface area contributed by atoms with Gasteiger partial charge in [0.25, 0.3) is 5.91 Å². The van der Waals surface area contributed by atoms with Crippen molar-refractivity contribution >= 4 is 50.8 Å². The van der Waals surface area contributed by atoms with Gasteiger partial charge in [-0.25, -0.2) is 0 Å². The zero-order valence-corrected chi connectivity index (χ0v) is 15.5. The van der Waals surface area contributed by atoms with Crippen LogP contribution in [0.4, 0.5) is 0 Å². The molecule has 25 heavy (non-hydrogen) atoms. The molecule has 0 aliphatic carbocycles. The number of amides is 2. The number of halogens is 1. The molecule has 2 amide bonds. The van der Waals surface area contributed by atoms with Crippen LogP contribution in [0.15, 0.2) is 24.3 Å². The zero-order valence-electron chi connectivity index (χ0n) is 13.9. The largest absolute Gasteiger partial charge is 0.480 e. The average molecular weight is 383 g/mol. The van der Waals surface area contributed by atoms with Crippen molar-refractivity contribution in [1.82, 2.24) is 10.2 Å². The van der Waals surface area contributed by atoms with Gasteiger partial charge in [-0.15, -0.1) is 11.3 Å². The maximum absolute atomic E-state index is 12.4. The van der Waals surface area contributed by atoms with Gasteiger partial charge in [0.2, 0.25) is 5.91 Å². The standard InChI is InChI=1S/C17H19ClN2O4S/c1-3-10(2)20(9-14(22)23)13(21)8-19-17(24)16-15(18)11-6-4-5-7-12(11)25-16/h4-7,10H,3,8-9H2,1-2H3,(H,19,24)(H,22,23). The highest BCUT2D eigenvalue weighted by molar-refractivity contribution is 7.21. The van der Waals surface area contributed by atoms with Crippen LogP contribution in [0.5, 0.6) is 0 Å². The van der Waals surface area contributed by atoms with Crippen LogP contribution in [0.2, 0.25) is 5.02 Å². The first-order chi connectivity index (χ1) is 11.8. The van der Waals surface area contributed by atoms with E-state index in [1.165, 1.54) is 16.2 Å². The Labute approximate surface area is 154 Å². The molecule has 1 unspecified atom stereocenters. The molecule has 1 heterocycles. The highest BCUT2D eigenvalue weighted by atomic mass is 35.5. The summed E-state index contributed by atoms with van der Waals surface area (Å²) in [5.74, 6) is -1.98. The van der Waals surface area contributed by atoms with Crippen molar-refractivity contribution in [3.05, 3.63) is 34.2 Å². The van der Waals surface area contributed by atoms with Crippen LogP contribution in [-0.4, -0.2) is 46.9 Å². The first-order valence-electron chi connectivity index (χ1n) is 7.81. The zero-order chi connectivity index (χ0) is 18.6. The lowest BCUT2D eigenvalue weighted by Gasteiger charge is -2.27. The number of aliphatic carboxylic acids is 1. The summed E-state index contributed by atoms with van der Waals surface area (Å²) in [6, 6.07) is 7.16. The number of nitrogens with zero attached hydrogens (tertiary/aromatic N) is 1. The lowest BCUT2D eigenvalue weighted by molar-refractivity contribution is -0.145. The minimum absolute atomic E-state index is 0.228. The van der Waals surface area contributed by atoms with Crippen molar-refractivity contribution in [2.45, 2.75) is 26.3 Å². The van der Waals surface area contributed by atoms with Gasteiger partial charge in [0.1, 0.15) is 11.4 Å². The summed E-state index contributed by atoms with van der Waals surface area (Å²) < 4.78 is 0.885. The molecule has 0 radical (unpaired) electrons. The Kier molecular flexibility index (Phi) is 6.39. The maximum Gasteiger partial charge on any atom is 0.323 e. The Balaban J connectivity index is 2.08. The first kappa shape index (κ1) is 19.2. The minimum Gasteiger partial charge on any atom is -0.480 e. The fraction of sp³-hybridized carbons (Fsp3) is 0.353. The number of hydrogen-bond donors (Lipinski definition) is 2. The molecule has 2 N–H and O–H groups in total. The van der Waals surface area contributed by atoms with Crippen molar-refractivity contribution in [1.29, 1.82) is 0 Å². The third-order valence-corrected chi connectivity index (χ3v) is 5.56.